The first-order valence-electron chi connectivity index (χ1n) is 20.4. The van der Waals surface area contributed by atoms with Gasteiger partial charge in [0.1, 0.15) is 24.4 Å². The third kappa shape index (κ3) is 23.2. The molecule has 9 nitrogen and oxygen atoms in total. The Morgan fingerprint density at radius 2 is 1.12 bits per heavy atom. The molecule has 1 saturated heterocycles. The van der Waals surface area contributed by atoms with Crippen molar-refractivity contribution in [2.45, 2.75) is 224 Å². The molecule has 0 aromatic carbocycles. The Hall–Kier alpha value is -1.07. The van der Waals surface area contributed by atoms with Gasteiger partial charge in [0.15, 0.2) is 6.29 Å². The minimum absolute atomic E-state index is 0.178. The average Bonchev–Trinajstić information content (AvgIpc) is 3.10. The summed E-state index contributed by atoms with van der Waals surface area (Å²) in [6.45, 7) is 3.73. The number of hydrogen-bond acceptors (Lipinski definition) is 8. The number of aliphatic hydroxyl groups is 5. The lowest BCUT2D eigenvalue weighted by Gasteiger charge is -2.40. The minimum atomic E-state index is -1.56. The summed E-state index contributed by atoms with van der Waals surface area (Å²) in [6, 6.07) is -0.795. The summed E-state index contributed by atoms with van der Waals surface area (Å²) in [4.78, 5) is 12.9. The second kappa shape index (κ2) is 31.6. The molecule has 1 fully saturated rings. The molecule has 1 amide bonds. The molecular formula is C40H77NO8. The summed E-state index contributed by atoms with van der Waals surface area (Å²) in [7, 11) is 0. The van der Waals surface area contributed by atoms with Crippen LogP contribution in [0.2, 0.25) is 0 Å². The highest BCUT2D eigenvalue weighted by molar-refractivity contribution is 5.76. The van der Waals surface area contributed by atoms with Gasteiger partial charge in [0.25, 0.3) is 0 Å². The second-order valence-corrected chi connectivity index (χ2v) is 14.4. The molecule has 49 heavy (non-hydrogen) atoms. The van der Waals surface area contributed by atoms with Gasteiger partial charge in [-0.3, -0.25) is 4.79 Å². The fraction of sp³-hybridized carbons (Fsp3) is 0.925. The van der Waals surface area contributed by atoms with Crippen LogP contribution in [0.4, 0.5) is 0 Å². The average molecular weight is 700 g/mol. The maximum atomic E-state index is 12.9. The third-order valence-electron chi connectivity index (χ3n) is 9.86. The van der Waals surface area contributed by atoms with Crippen LogP contribution in [0.15, 0.2) is 12.2 Å². The van der Waals surface area contributed by atoms with E-state index in [1.54, 1.807) is 6.08 Å². The number of carbonyl (C=O) groups is 1. The van der Waals surface area contributed by atoms with Gasteiger partial charge in [-0.1, -0.05) is 167 Å². The summed E-state index contributed by atoms with van der Waals surface area (Å²) in [6.07, 6.45) is 26.9. The van der Waals surface area contributed by atoms with Gasteiger partial charge in [-0.05, 0) is 19.3 Å². The molecule has 1 heterocycles. The highest BCUT2D eigenvalue weighted by atomic mass is 16.7. The molecule has 0 spiro atoms. The minimum Gasteiger partial charge on any atom is -0.394 e. The molecule has 6 N–H and O–H groups in total. The topological polar surface area (TPSA) is 149 Å². The van der Waals surface area contributed by atoms with Crippen molar-refractivity contribution in [2.24, 2.45) is 0 Å². The molecule has 0 bridgehead atoms. The summed E-state index contributed by atoms with van der Waals surface area (Å²) in [5.41, 5.74) is 0. The van der Waals surface area contributed by atoms with Gasteiger partial charge in [-0.2, -0.15) is 0 Å². The van der Waals surface area contributed by atoms with Gasteiger partial charge >= 0.3 is 0 Å². The van der Waals surface area contributed by atoms with Crippen molar-refractivity contribution < 1.29 is 39.8 Å². The number of hydrogen-bond donors (Lipinski definition) is 6. The van der Waals surface area contributed by atoms with Crippen molar-refractivity contribution in [3.8, 4) is 0 Å². The highest BCUT2D eigenvalue weighted by Gasteiger charge is 2.44. The molecule has 9 heteroatoms. The second-order valence-electron chi connectivity index (χ2n) is 14.4. The van der Waals surface area contributed by atoms with Gasteiger partial charge in [0, 0.05) is 6.42 Å². The predicted octanol–water partition coefficient (Wildman–Crippen LogP) is 7.39. The van der Waals surface area contributed by atoms with E-state index in [4.69, 9.17) is 9.47 Å². The van der Waals surface area contributed by atoms with Crippen LogP contribution < -0.4 is 5.32 Å². The lowest BCUT2D eigenvalue weighted by atomic mass is 9.99. The number of unbranched alkanes of at least 4 members (excludes halogenated alkanes) is 23. The lowest BCUT2D eigenvalue weighted by Crippen LogP contribution is -2.60. The van der Waals surface area contributed by atoms with E-state index in [1.807, 2.05) is 6.08 Å². The first-order valence-corrected chi connectivity index (χ1v) is 20.4. The first kappa shape index (κ1) is 46.0. The zero-order valence-corrected chi connectivity index (χ0v) is 31.5. The van der Waals surface area contributed by atoms with Crippen LogP contribution in [0.25, 0.3) is 0 Å². The van der Waals surface area contributed by atoms with Gasteiger partial charge in [0.05, 0.1) is 25.4 Å². The lowest BCUT2D eigenvalue weighted by molar-refractivity contribution is -0.302. The summed E-state index contributed by atoms with van der Waals surface area (Å²) >= 11 is 0. The van der Waals surface area contributed by atoms with E-state index in [-0.39, 0.29) is 12.5 Å². The van der Waals surface area contributed by atoms with Gasteiger partial charge in [-0.25, -0.2) is 0 Å². The Bertz CT molecular complexity index is 781. The number of aliphatic hydroxyl groups excluding tert-OH is 5. The fourth-order valence-electron chi connectivity index (χ4n) is 6.51. The molecule has 0 aromatic heterocycles. The van der Waals surface area contributed by atoms with E-state index in [9.17, 15) is 30.3 Å². The molecule has 0 radical (unpaired) electrons. The number of amides is 1. The quantitative estimate of drug-likeness (QED) is 0.0307. The van der Waals surface area contributed by atoms with Crippen molar-refractivity contribution >= 4 is 5.91 Å². The Morgan fingerprint density at radius 3 is 1.59 bits per heavy atom. The SMILES string of the molecule is CCCCCCCCC/C=C/[C@@H](O)[C@H](CO[C@@H]1O[C@H](CO)[C@@H](O)C(O)C1O)NC(=O)CCCCCCCCCCCCCCCCCCC. The smallest absolute Gasteiger partial charge is 0.220 e. The maximum absolute atomic E-state index is 12.9. The predicted molar refractivity (Wildman–Crippen MR) is 198 cm³/mol. The third-order valence-corrected chi connectivity index (χ3v) is 9.86. The molecular weight excluding hydrogens is 622 g/mol. The fourth-order valence-corrected chi connectivity index (χ4v) is 6.51. The van der Waals surface area contributed by atoms with E-state index in [0.29, 0.717) is 6.42 Å². The van der Waals surface area contributed by atoms with Crippen LogP contribution in [0.5, 0.6) is 0 Å². The van der Waals surface area contributed by atoms with Crippen molar-refractivity contribution in [2.75, 3.05) is 13.2 Å². The van der Waals surface area contributed by atoms with Crippen molar-refractivity contribution in [1.29, 1.82) is 0 Å². The summed E-state index contributed by atoms with van der Waals surface area (Å²) < 4.78 is 11.1. The van der Waals surface area contributed by atoms with E-state index in [1.165, 1.54) is 122 Å². The van der Waals surface area contributed by atoms with Crippen LogP contribution >= 0.6 is 0 Å². The van der Waals surface area contributed by atoms with E-state index >= 15 is 0 Å². The Balaban J connectivity index is 2.35. The van der Waals surface area contributed by atoms with E-state index < -0.39 is 49.5 Å². The monoisotopic (exact) mass is 700 g/mol. The molecule has 1 aliphatic heterocycles. The molecule has 1 rings (SSSR count). The molecule has 0 aromatic rings. The number of nitrogens with one attached hydrogen (secondary N) is 1. The number of rotatable bonds is 33. The Labute approximate surface area is 299 Å². The molecule has 290 valence electrons. The standard InChI is InChI=1S/C40H77NO8/c1-3-5-7-9-11-13-14-15-16-17-18-19-20-22-24-26-28-30-36(44)41-33(34(43)29-27-25-23-21-12-10-8-6-4-2)32-48-40-39(47)38(46)37(45)35(31-42)49-40/h27,29,33-35,37-40,42-43,45-47H,3-26,28,30-32H2,1-2H3,(H,41,44)/b29-27+/t33-,34+,35+,37+,38?,39?,40+/m0/s1. The van der Waals surface area contributed by atoms with Crippen LogP contribution in [0.1, 0.15) is 181 Å². The molecule has 0 aliphatic carbocycles. The van der Waals surface area contributed by atoms with Crippen molar-refractivity contribution in [3.05, 3.63) is 12.2 Å². The van der Waals surface area contributed by atoms with E-state index in [0.717, 1.165) is 38.5 Å². The Morgan fingerprint density at radius 1 is 0.673 bits per heavy atom. The van der Waals surface area contributed by atoms with Crippen molar-refractivity contribution in [3.63, 3.8) is 0 Å². The normalized spacial score (nSPS) is 22.5. The summed E-state index contributed by atoms with van der Waals surface area (Å²) in [5.74, 6) is -0.178. The molecule has 0 saturated carbocycles. The zero-order valence-electron chi connectivity index (χ0n) is 31.5. The largest absolute Gasteiger partial charge is 0.394 e. The van der Waals surface area contributed by atoms with Crippen molar-refractivity contribution in [1.82, 2.24) is 5.32 Å². The molecule has 1 aliphatic rings. The van der Waals surface area contributed by atoms with Crippen LogP contribution in [0, 0.1) is 0 Å². The van der Waals surface area contributed by atoms with Crippen LogP contribution in [-0.4, -0.2) is 87.5 Å². The first-order chi connectivity index (χ1) is 23.8. The molecule has 2 unspecified atom stereocenters. The number of ether oxygens (including phenoxy) is 2. The van der Waals surface area contributed by atoms with Gasteiger partial charge in [-0.15, -0.1) is 0 Å². The van der Waals surface area contributed by atoms with E-state index in [2.05, 4.69) is 19.2 Å². The van der Waals surface area contributed by atoms with Gasteiger partial charge in [0.2, 0.25) is 5.91 Å². The Kier molecular flexibility index (Phi) is 29.7. The maximum Gasteiger partial charge on any atom is 0.220 e. The van der Waals surface area contributed by atoms with Gasteiger partial charge < -0.3 is 40.3 Å². The number of allylic oxidation sites excluding steroid dienone is 1. The van der Waals surface area contributed by atoms with Crippen LogP contribution in [0.3, 0.4) is 0 Å². The summed E-state index contributed by atoms with van der Waals surface area (Å²) in [5, 5.41) is 53.8. The molecule has 7 atom stereocenters. The van der Waals surface area contributed by atoms with Crippen LogP contribution in [-0.2, 0) is 14.3 Å². The number of carbonyl (C=O) groups excluding carboxylic acids is 1. The highest BCUT2D eigenvalue weighted by Crippen LogP contribution is 2.22. The zero-order chi connectivity index (χ0) is 36.0.